The van der Waals surface area contributed by atoms with E-state index in [9.17, 15) is 0 Å². The molecule has 1 heteroatoms. The molecule has 1 aromatic rings. The van der Waals surface area contributed by atoms with Gasteiger partial charge in [0.15, 0.2) is 0 Å². The lowest BCUT2D eigenvalue weighted by atomic mass is 9.77. The van der Waals surface area contributed by atoms with Crippen molar-refractivity contribution in [3.05, 3.63) is 35.4 Å². The van der Waals surface area contributed by atoms with Crippen molar-refractivity contribution in [3.8, 4) is 0 Å². The smallest absolute Gasteiger partial charge is 0.0348 e. The summed E-state index contributed by atoms with van der Waals surface area (Å²) in [5, 5.41) is 3.67. The Hall–Kier alpha value is -0.820. The maximum Gasteiger partial charge on any atom is 0.0348 e. The molecule has 0 aliphatic heterocycles. The van der Waals surface area contributed by atoms with E-state index in [1.807, 2.05) is 0 Å². The van der Waals surface area contributed by atoms with E-state index in [4.69, 9.17) is 0 Å². The van der Waals surface area contributed by atoms with Crippen molar-refractivity contribution in [2.75, 3.05) is 7.05 Å². The Kier molecular flexibility index (Phi) is 3.79. The SMILES string of the molecule is CNC1c2ccccc2CCCC1CC1CC2CCC1C2. The van der Waals surface area contributed by atoms with Crippen LogP contribution in [0.3, 0.4) is 0 Å². The highest BCUT2D eigenvalue weighted by Gasteiger charge is 2.41. The van der Waals surface area contributed by atoms with Crippen LogP contribution >= 0.6 is 0 Å². The number of nitrogens with one attached hydrogen (secondary N) is 1. The zero-order valence-corrected chi connectivity index (χ0v) is 13.4. The lowest BCUT2D eigenvalue weighted by Gasteiger charge is -2.31. The van der Waals surface area contributed by atoms with E-state index < -0.39 is 0 Å². The fraction of sp³-hybridized carbons (Fsp3) is 0.700. The second-order valence-electron chi connectivity index (χ2n) is 7.79. The summed E-state index contributed by atoms with van der Waals surface area (Å²) in [6.07, 6.45) is 11.7. The van der Waals surface area contributed by atoms with Gasteiger partial charge in [-0.3, -0.25) is 0 Å². The maximum absolute atomic E-state index is 3.67. The maximum atomic E-state index is 3.67. The van der Waals surface area contributed by atoms with Crippen LogP contribution in [-0.4, -0.2) is 7.05 Å². The van der Waals surface area contributed by atoms with Crippen LogP contribution in [0.15, 0.2) is 24.3 Å². The molecule has 2 fully saturated rings. The van der Waals surface area contributed by atoms with Crippen LogP contribution in [0.1, 0.15) is 62.1 Å². The number of hydrogen-bond donors (Lipinski definition) is 1. The third-order valence-corrected chi connectivity index (χ3v) is 6.68. The molecule has 0 heterocycles. The highest BCUT2D eigenvalue weighted by Crippen LogP contribution is 2.52. The molecule has 0 amide bonds. The molecule has 0 saturated heterocycles. The van der Waals surface area contributed by atoms with Gasteiger partial charge in [0.05, 0.1) is 0 Å². The summed E-state index contributed by atoms with van der Waals surface area (Å²) in [6, 6.07) is 9.74. The van der Waals surface area contributed by atoms with Crippen molar-refractivity contribution >= 4 is 0 Å². The Bertz CT molecular complexity index is 494. The van der Waals surface area contributed by atoms with Gasteiger partial charge in [-0.15, -0.1) is 0 Å². The first kappa shape index (κ1) is 13.8. The van der Waals surface area contributed by atoms with E-state index in [1.165, 1.54) is 38.5 Å². The van der Waals surface area contributed by atoms with Crippen LogP contribution in [0.5, 0.6) is 0 Å². The highest BCUT2D eigenvalue weighted by molar-refractivity contribution is 5.31. The summed E-state index contributed by atoms with van der Waals surface area (Å²) in [5.41, 5.74) is 3.18. The van der Waals surface area contributed by atoms with Gasteiger partial charge in [-0.25, -0.2) is 0 Å². The van der Waals surface area contributed by atoms with E-state index in [0.717, 1.165) is 23.7 Å². The third-order valence-electron chi connectivity index (χ3n) is 6.68. The van der Waals surface area contributed by atoms with Crippen LogP contribution in [0.2, 0.25) is 0 Å². The van der Waals surface area contributed by atoms with Crippen LogP contribution in [-0.2, 0) is 6.42 Å². The standard InChI is InChI=1S/C20H29N/c1-21-20-17(13-18-12-14-9-10-16(18)11-14)7-4-6-15-5-2-3-8-19(15)20/h2-3,5,8,14,16-18,20-21H,4,6-7,9-13H2,1H3. The molecular formula is C20H29N. The van der Waals surface area contributed by atoms with E-state index in [0.29, 0.717) is 6.04 Å². The van der Waals surface area contributed by atoms with Gasteiger partial charge in [0.2, 0.25) is 0 Å². The Morgan fingerprint density at radius 2 is 1.95 bits per heavy atom. The average molecular weight is 283 g/mol. The summed E-state index contributed by atoms with van der Waals surface area (Å²) in [5.74, 6) is 4.05. The van der Waals surface area contributed by atoms with E-state index in [-0.39, 0.29) is 0 Å². The summed E-state index contributed by atoms with van der Waals surface area (Å²) < 4.78 is 0. The molecule has 0 spiro atoms. The fourth-order valence-electron chi connectivity index (χ4n) is 5.74. The predicted octanol–water partition coefficient (Wildman–Crippen LogP) is 4.73. The molecule has 0 radical (unpaired) electrons. The Balaban J connectivity index is 1.54. The molecule has 4 rings (SSSR count). The first-order valence-corrected chi connectivity index (χ1v) is 9.10. The first-order chi connectivity index (χ1) is 10.3. The minimum atomic E-state index is 0.586. The topological polar surface area (TPSA) is 12.0 Å². The number of benzene rings is 1. The molecule has 3 aliphatic carbocycles. The number of hydrogen-bond acceptors (Lipinski definition) is 1. The van der Waals surface area contributed by atoms with Gasteiger partial charge in [0.1, 0.15) is 0 Å². The van der Waals surface area contributed by atoms with Crippen molar-refractivity contribution in [2.45, 2.75) is 57.4 Å². The van der Waals surface area contributed by atoms with Crippen molar-refractivity contribution in [2.24, 2.45) is 23.7 Å². The lowest BCUT2D eigenvalue weighted by molar-refractivity contribution is 0.227. The number of fused-ring (bicyclic) bond motifs is 3. The third kappa shape index (κ3) is 2.54. The van der Waals surface area contributed by atoms with Crippen molar-refractivity contribution < 1.29 is 0 Å². The zero-order valence-electron chi connectivity index (χ0n) is 13.4. The molecule has 3 aliphatic rings. The number of aryl methyl sites for hydroxylation is 1. The van der Waals surface area contributed by atoms with Gasteiger partial charge >= 0.3 is 0 Å². The van der Waals surface area contributed by atoms with E-state index >= 15 is 0 Å². The van der Waals surface area contributed by atoms with E-state index in [2.05, 4.69) is 36.6 Å². The minimum absolute atomic E-state index is 0.586. The largest absolute Gasteiger partial charge is 0.313 e. The second-order valence-corrected chi connectivity index (χ2v) is 7.79. The van der Waals surface area contributed by atoms with Crippen LogP contribution in [0.4, 0.5) is 0 Å². The van der Waals surface area contributed by atoms with Gasteiger partial charge in [-0.05, 0) is 86.8 Å². The van der Waals surface area contributed by atoms with Gasteiger partial charge < -0.3 is 5.32 Å². The molecule has 5 unspecified atom stereocenters. The molecule has 5 atom stereocenters. The van der Waals surface area contributed by atoms with Crippen LogP contribution < -0.4 is 5.32 Å². The van der Waals surface area contributed by atoms with Gasteiger partial charge in [0.25, 0.3) is 0 Å². The van der Waals surface area contributed by atoms with Gasteiger partial charge in [0, 0.05) is 6.04 Å². The van der Waals surface area contributed by atoms with Crippen molar-refractivity contribution in [1.29, 1.82) is 0 Å². The predicted molar refractivity (Wildman–Crippen MR) is 88.2 cm³/mol. The Morgan fingerprint density at radius 3 is 2.71 bits per heavy atom. The summed E-state index contributed by atoms with van der Waals surface area (Å²) in [7, 11) is 2.17. The average Bonchev–Trinajstić information content (AvgIpc) is 3.07. The minimum Gasteiger partial charge on any atom is -0.313 e. The van der Waals surface area contributed by atoms with Gasteiger partial charge in [-0.1, -0.05) is 30.7 Å². The second kappa shape index (κ2) is 5.76. The van der Waals surface area contributed by atoms with Crippen LogP contribution in [0, 0.1) is 23.7 Å². The number of rotatable bonds is 3. The molecule has 0 aromatic heterocycles. The molecule has 2 saturated carbocycles. The van der Waals surface area contributed by atoms with Crippen LogP contribution in [0.25, 0.3) is 0 Å². The molecule has 21 heavy (non-hydrogen) atoms. The van der Waals surface area contributed by atoms with Crippen molar-refractivity contribution in [3.63, 3.8) is 0 Å². The summed E-state index contributed by atoms with van der Waals surface area (Å²) in [4.78, 5) is 0. The molecule has 2 bridgehead atoms. The Labute approximate surface area is 129 Å². The highest BCUT2D eigenvalue weighted by atomic mass is 14.9. The summed E-state index contributed by atoms with van der Waals surface area (Å²) in [6.45, 7) is 0. The zero-order chi connectivity index (χ0) is 14.2. The lowest BCUT2D eigenvalue weighted by Crippen LogP contribution is -2.28. The molecule has 1 N–H and O–H groups in total. The quantitative estimate of drug-likeness (QED) is 0.791. The normalized spacial score (nSPS) is 38.2. The monoisotopic (exact) mass is 283 g/mol. The van der Waals surface area contributed by atoms with Crippen molar-refractivity contribution in [1.82, 2.24) is 5.32 Å². The summed E-state index contributed by atoms with van der Waals surface area (Å²) >= 11 is 0. The molecule has 1 nitrogen and oxygen atoms in total. The fourth-order valence-corrected chi connectivity index (χ4v) is 5.74. The molecule has 114 valence electrons. The molecular weight excluding hydrogens is 254 g/mol. The van der Waals surface area contributed by atoms with E-state index in [1.54, 1.807) is 24.0 Å². The Morgan fingerprint density at radius 1 is 1.05 bits per heavy atom. The molecule has 1 aromatic carbocycles. The van der Waals surface area contributed by atoms with Gasteiger partial charge in [-0.2, -0.15) is 0 Å². The first-order valence-electron chi connectivity index (χ1n) is 9.10.